The molecule has 0 aliphatic heterocycles. The van der Waals surface area contributed by atoms with Crippen LogP contribution in [0.1, 0.15) is 31.2 Å². The molecule has 0 bridgehead atoms. The van der Waals surface area contributed by atoms with Crippen LogP contribution in [-0.4, -0.2) is 17.8 Å². The van der Waals surface area contributed by atoms with Gasteiger partial charge in [-0.2, -0.15) is 0 Å². The van der Waals surface area contributed by atoms with Gasteiger partial charge in [-0.25, -0.2) is 0 Å². The van der Waals surface area contributed by atoms with Gasteiger partial charge in [0, 0.05) is 12.0 Å². The van der Waals surface area contributed by atoms with Gasteiger partial charge in [-0.3, -0.25) is 0 Å². The fraction of sp³-hybridized carbons (Fsp3) is 0.600. The molecule has 1 heterocycles. The lowest BCUT2D eigenvalue weighted by Crippen LogP contribution is -2.33. The monoisotopic (exact) mass is 200 g/mol. The van der Waals surface area contributed by atoms with Crippen molar-refractivity contribution < 1.29 is 9.84 Å². The second-order valence-electron chi connectivity index (χ2n) is 3.29. The van der Waals surface area contributed by atoms with E-state index in [2.05, 4.69) is 0 Å². The lowest BCUT2D eigenvalue weighted by Gasteiger charge is -2.31. The average Bonchev–Trinajstić information content (AvgIpc) is 2.68. The molecule has 2 atom stereocenters. The number of hydrogen-bond donors (Lipinski definition) is 1. The Bertz CT molecular complexity index is 239. The van der Waals surface area contributed by atoms with E-state index in [9.17, 15) is 5.11 Å². The summed E-state index contributed by atoms with van der Waals surface area (Å²) in [5.41, 5.74) is -0.467. The molecule has 1 aromatic heterocycles. The fourth-order valence-corrected chi connectivity index (χ4v) is 2.05. The number of methoxy groups -OCH3 is 1. The highest BCUT2D eigenvalue weighted by molar-refractivity contribution is 7.10. The second-order valence-corrected chi connectivity index (χ2v) is 4.27. The average molecular weight is 200 g/mol. The molecule has 2 unspecified atom stereocenters. The van der Waals surface area contributed by atoms with Gasteiger partial charge < -0.3 is 9.84 Å². The Hall–Kier alpha value is -0.380. The van der Waals surface area contributed by atoms with E-state index in [0.29, 0.717) is 0 Å². The number of thiophene rings is 1. The van der Waals surface area contributed by atoms with Gasteiger partial charge in [0.15, 0.2) is 0 Å². The Kier molecular flexibility index (Phi) is 3.47. The van der Waals surface area contributed by atoms with E-state index in [1.807, 2.05) is 31.4 Å². The third kappa shape index (κ3) is 2.10. The van der Waals surface area contributed by atoms with Crippen molar-refractivity contribution in [1.29, 1.82) is 0 Å². The van der Waals surface area contributed by atoms with E-state index in [1.54, 1.807) is 18.4 Å². The zero-order chi connectivity index (χ0) is 9.90. The minimum absolute atomic E-state index is 0.467. The van der Waals surface area contributed by atoms with Gasteiger partial charge in [0.1, 0.15) is 6.10 Å². The summed E-state index contributed by atoms with van der Waals surface area (Å²) in [6, 6.07) is 3.87. The quantitative estimate of drug-likeness (QED) is 0.809. The van der Waals surface area contributed by atoms with Crippen molar-refractivity contribution in [2.24, 2.45) is 0 Å². The molecule has 0 radical (unpaired) electrons. The van der Waals surface area contributed by atoms with Crippen LogP contribution < -0.4 is 0 Å². The third-order valence-corrected chi connectivity index (χ3v) is 3.48. The molecule has 1 rings (SSSR count). The molecule has 0 spiro atoms. The highest BCUT2D eigenvalue weighted by Gasteiger charge is 2.32. The van der Waals surface area contributed by atoms with Crippen LogP contribution in [0.2, 0.25) is 0 Å². The molecule has 1 N–H and O–H groups in total. The summed E-state index contributed by atoms with van der Waals surface area (Å²) in [5.74, 6) is 0. The molecule has 0 fully saturated rings. The van der Waals surface area contributed by atoms with Crippen LogP contribution >= 0.6 is 11.3 Å². The summed E-state index contributed by atoms with van der Waals surface area (Å²) in [7, 11) is 1.64. The number of aliphatic hydroxyl groups excluding tert-OH is 1. The van der Waals surface area contributed by atoms with Gasteiger partial charge >= 0.3 is 0 Å². The van der Waals surface area contributed by atoms with E-state index in [0.717, 1.165) is 11.3 Å². The van der Waals surface area contributed by atoms with Gasteiger partial charge in [0.2, 0.25) is 0 Å². The first-order chi connectivity index (χ1) is 6.14. The third-order valence-electron chi connectivity index (χ3n) is 2.56. The Morgan fingerprint density at radius 3 is 2.77 bits per heavy atom. The first kappa shape index (κ1) is 10.7. The molecule has 1 aromatic rings. The van der Waals surface area contributed by atoms with Crippen molar-refractivity contribution in [2.75, 3.05) is 7.11 Å². The minimum Gasteiger partial charge on any atom is -0.385 e. The Morgan fingerprint density at radius 1 is 1.69 bits per heavy atom. The zero-order valence-electron chi connectivity index (χ0n) is 8.28. The molecular formula is C10H16O2S. The molecule has 0 saturated heterocycles. The Morgan fingerprint density at radius 2 is 2.38 bits per heavy atom. The van der Waals surface area contributed by atoms with E-state index in [-0.39, 0.29) is 0 Å². The predicted octanol–water partition coefficient (Wildman–Crippen LogP) is 2.60. The maximum Gasteiger partial charge on any atom is 0.117 e. The molecular weight excluding hydrogens is 184 g/mol. The SMILES string of the molecule is CCC(C)(OC)C(O)c1cccs1. The van der Waals surface area contributed by atoms with Gasteiger partial charge in [-0.05, 0) is 24.8 Å². The van der Waals surface area contributed by atoms with Crippen molar-refractivity contribution >= 4 is 11.3 Å². The maximum absolute atomic E-state index is 10.0. The maximum atomic E-state index is 10.0. The lowest BCUT2D eigenvalue weighted by atomic mass is 9.94. The molecule has 0 amide bonds. The highest BCUT2D eigenvalue weighted by atomic mass is 32.1. The number of rotatable bonds is 4. The first-order valence-electron chi connectivity index (χ1n) is 4.40. The van der Waals surface area contributed by atoms with Crippen molar-refractivity contribution in [1.82, 2.24) is 0 Å². The van der Waals surface area contributed by atoms with Gasteiger partial charge in [0.05, 0.1) is 5.60 Å². The molecule has 0 aliphatic rings. The summed E-state index contributed by atoms with van der Waals surface area (Å²) < 4.78 is 5.33. The molecule has 0 saturated carbocycles. The van der Waals surface area contributed by atoms with Crippen molar-refractivity contribution in [3.05, 3.63) is 22.4 Å². The van der Waals surface area contributed by atoms with Crippen LogP contribution in [-0.2, 0) is 4.74 Å². The van der Waals surface area contributed by atoms with Crippen LogP contribution in [0.3, 0.4) is 0 Å². The van der Waals surface area contributed by atoms with E-state index < -0.39 is 11.7 Å². The molecule has 3 heteroatoms. The van der Waals surface area contributed by atoms with Crippen molar-refractivity contribution in [2.45, 2.75) is 32.0 Å². The lowest BCUT2D eigenvalue weighted by molar-refractivity contribution is -0.0929. The second kappa shape index (κ2) is 4.22. The molecule has 0 aliphatic carbocycles. The minimum atomic E-state index is -0.525. The van der Waals surface area contributed by atoms with Crippen LogP contribution in [0.4, 0.5) is 0 Å². The normalized spacial score (nSPS) is 18.2. The van der Waals surface area contributed by atoms with E-state index >= 15 is 0 Å². The topological polar surface area (TPSA) is 29.5 Å². The number of hydrogen-bond acceptors (Lipinski definition) is 3. The number of aliphatic hydroxyl groups is 1. The van der Waals surface area contributed by atoms with Crippen molar-refractivity contribution in [3.63, 3.8) is 0 Å². The van der Waals surface area contributed by atoms with Crippen LogP contribution in [0.25, 0.3) is 0 Å². The van der Waals surface area contributed by atoms with Gasteiger partial charge in [-0.15, -0.1) is 11.3 Å². The Balaban J connectivity index is 2.82. The summed E-state index contributed by atoms with van der Waals surface area (Å²) in [4.78, 5) is 0.964. The van der Waals surface area contributed by atoms with E-state index in [1.165, 1.54) is 0 Å². The van der Waals surface area contributed by atoms with Crippen molar-refractivity contribution in [3.8, 4) is 0 Å². The summed E-state index contributed by atoms with van der Waals surface area (Å²) in [5, 5.41) is 12.0. The van der Waals surface area contributed by atoms with Gasteiger partial charge in [-0.1, -0.05) is 13.0 Å². The van der Waals surface area contributed by atoms with Crippen LogP contribution in [0.15, 0.2) is 17.5 Å². The smallest absolute Gasteiger partial charge is 0.117 e. The summed E-state index contributed by atoms with van der Waals surface area (Å²) in [6.45, 7) is 3.94. The fourth-order valence-electron chi connectivity index (χ4n) is 1.20. The van der Waals surface area contributed by atoms with E-state index in [4.69, 9.17) is 4.74 Å². The predicted molar refractivity (Wildman–Crippen MR) is 55.0 cm³/mol. The molecule has 0 aromatic carbocycles. The van der Waals surface area contributed by atoms with Gasteiger partial charge in [0.25, 0.3) is 0 Å². The summed E-state index contributed by atoms with van der Waals surface area (Å²) in [6.07, 6.45) is 0.269. The Labute approximate surface area is 83.2 Å². The largest absolute Gasteiger partial charge is 0.385 e. The number of ether oxygens (including phenoxy) is 1. The highest BCUT2D eigenvalue weighted by Crippen LogP contribution is 2.33. The molecule has 74 valence electrons. The zero-order valence-corrected chi connectivity index (χ0v) is 9.10. The molecule has 2 nitrogen and oxygen atoms in total. The first-order valence-corrected chi connectivity index (χ1v) is 5.28. The standard InChI is InChI=1S/C10H16O2S/c1-4-10(2,12-3)9(11)8-6-5-7-13-8/h5-7,9,11H,4H2,1-3H3. The summed E-state index contributed by atoms with van der Waals surface area (Å²) >= 11 is 1.56. The van der Waals surface area contributed by atoms with Crippen LogP contribution in [0.5, 0.6) is 0 Å². The van der Waals surface area contributed by atoms with Crippen LogP contribution in [0, 0.1) is 0 Å². The molecule has 13 heavy (non-hydrogen) atoms.